The van der Waals surface area contributed by atoms with E-state index in [0.717, 1.165) is 21.9 Å². The van der Waals surface area contributed by atoms with Gasteiger partial charge in [0.25, 0.3) is 0 Å². The lowest BCUT2D eigenvalue weighted by atomic mass is 10.0. The fourth-order valence-corrected chi connectivity index (χ4v) is 2.44. The van der Waals surface area contributed by atoms with E-state index in [0.29, 0.717) is 0 Å². The highest BCUT2D eigenvalue weighted by Crippen LogP contribution is 2.31. The Bertz CT molecular complexity index is 500. The Labute approximate surface area is 104 Å². The number of aryl methyl sites for hydroxylation is 1. The van der Waals surface area contributed by atoms with Crippen LogP contribution < -0.4 is 16.0 Å². The maximum absolute atomic E-state index is 5.63. The Morgan fingerprint density at radius 1 is 1.41 bits per heavy atom. The van der Waals surface area contributed by atoms with Gasteiger partial charge in [0.15, 0.2) is 0 Å². The third kappa shape index (κ3) is 2.28. The summed E-state index contributed by atoms with van der Waals surface area (Å²) < 4.78 is 9.26. The first-order chi connectivity index (χ1) is 8.27. The average molecular weight is 250 g/mol. The molecule has 5 nitrogen and oxygen atoms in total. The molecule has 6 heteroatoms. The standard InChI is InChI=1S/C11H14N4OS/c1-7-11(17-15-14-7)10(13-12)8-5-3-4-6-9(8)16-2/h3-6,10,13H,12H2,1-2H3. The number of methoxy groups -OCH3 is 1. The van der Waals surface area contributed by atoms with Crippen LogP contribution in [0.5, 0.6) is 5.75 Å². The highest BCUT2D eigenvalue weighted by Gasteiger charge is 2.20. The van der Waals surface area contributed by atoms with Crippen molar-refractivity contribution in [2.75, 3.05) is 7.11 Å². The molecule has 2 rings (SSSR count). The van der Waals surface area contributed by atoms with Crippen LogP contribution in [0.15, 0.2) is 24.3 Å². The summed E-state index contributed by atoms with van der Waals surface area (Å²) in [4.78, 5) is 0.997. The molecule has 17 heavy (non-hydrogen) atoms. The van der Waals surface area contributed by atoms with Gasteiger partial charge in [0, 0.05) is 5.56 Å². The summed E-state index contributed by atoms with van der Waals surface area (Å²) in [5.41, 5.74) is 4.64. The average Bonchev–Trinajstić information content (AvgIpc) is 2.78. The molecule has 3 N–H and O–H groups in total. The van der Waals surface area contributed by atoms with Crippen molar-refractivity contribution in [1.82, 2.24) is 15.0 Å². The van der Waals surface area contributed by atoms with Crippen LogP contribution in [0, 0.1) is 6.92 Å². The number of hydrogen-bond donors (Lipinski definition) is 2. The zero-order valence-corrected chi connectivity index (χ0v) is 10.5. The van der Waals surface area contributed by atoms with Crippen LogP contribution in [0.2, 0.25) is 0 Å². The molecule has 0 saturated carbocycles. The summed E-state index contributed by atoms with van der Waals surface area (Å²) >= 11 is 1.34. The summed E-state index contributed by atoms with van der Waals surface area (Å²) in [5, 5.41) is 4.00. The van der Waals surface area contributed by atoms with Crippen molar-refractivity contribution in [2.24, 2.45) is 5.84 Å². The molecule has 0 aliphatic carbocycles. The molecular formula is C11H14N4OS. The zero-order valence-electron chi connectivity index (χ0n) is 9.68. The number of nitrogens with one attached hydrogen (secondary N) is 1. The molecule has 0 aliphatic heterocycles. The number of aromatic nitrogens is 2. The van der Waals surface area contributed by atoms with Gasteiger partial charge in [-0.15, -0.1) is 5.10 Å². The van der Waals surface area contributed by atoms with Crippen molar-refractivity contribution in [2.45, 2.75) is 13.0 Å². The first-order valence-electron chi connectivity index (χ1n) is 5.15. The lowest BCUT2D eigenvalue weighted by molar-refractivity contribution is 0.404. The molecule has 0 aliphatic rings. The molecule has 0 saturated heterocycles. The van der Waals surface area contributed by atoms with E-state index >= 15 is 0 Å². The second-order valence-corrected chi connectivity index (χ2v) is 4.35. The molecule has 0 spiro atoms. The predicted molar refractivity (Wildman–Crippen MR) is 66.8 cm³/mol. The zero-order chi connectivity index (χ0) is 12.3. The van der Waals surface area contributed by atoms with Crippen LogP contribution >= 0.6 is 11.5 Å². The number of nitrogens with two attached hydrogens (primary N) is 1. The smallest absolute Gasteiger partial charge is 0.124 e. The highest BCUT2D eigenvalue weighted by atomic mass is 32.1. The molecule has 0 amide bonds. The van der Waals surface area contributed by atoms with Crippen LogP contribution in [0.1, 0.15) is 22.2 Å². The quantitative estimate of drug-likeness (QED) is 0.634. The van der Waals surface area contributed by atoms with Gasteiger partial charge < -0.3 is 4.74 Å². The second-order valence-electron chi connectivity index (χ2n) is 3.56. The minimum absolute atomic E-state index is 0.147. The molecule has 1 heterocycles. The number of benzene rings is 1. The van der Waals surface area contributed by atoms with E-state index in [1.165, 1.54) is 11.5 Å². The van der Waals surface area contributed by atoms with Crippen molar-refractivity contribution in [1.29, 1.82) is 0 Å². The van der Waals surface area contributed by atoms with Gasteiger partial charge in [0.05, 0.1) is 23.7 Å². The number of nitrogens with zero attached hydrogens (tertiary/aromatic N) is 2. The van der Waals surface area contributed by atoms with E-state index in [2.05, 4.69) is 15.0 Å². The van der Waals surface area contributed by atoms with Crippen molar-refractivity contribution in [3.8, 4) is 5.75 Å². The third-order valence-electron chi connectivity index (χ3n) is 2.57. The largest absolute Gasteiger partial charge is 0.496 e. The van der Waals surface area contributed by atoms with Gasteiger partial charge in [0.1, 0.15) is 5.75 Å². The van der Waals surface area contributed by atoms with Gasteiger partial charge in [-0.25, -0.2) is 5.43 Å². The van der Waals surface area contributed by atoms with Crippen LogP contribution in [-0.2, 0) is 0 Å². The van der Waals surface area contributed by atoms with E-state index in [1.807, 2.05) is 31.2 Å². The van der Waals surface area contributed by atoms with Crippen molar-refractivity contribution < 1.29 is 4.74 Å². The van der Waals surface area contributed by atoms with E-state index in [4.69, 9.17) is 10.6 Å². The van der Waals surface area contributed by atoms with Gasteiger partial charge in [-0.3, -0.25) is 5.84 Å². The summed E-state index contributed by atoms with van der Waals surface area (Å²) in [7, 11) is 1.64. The Balaban J connectivity index is 2.46. The number of hydrogen-bond acceptors (Lipinski definition) is 6. The van der Waals surface area contributed by atoms with Gasteiger partial charge in [-0.1, -0.05) is 22.7 Å². The molecule has 0 radical (unpaired) electrons. The number of hydrazine groups is 1. The van der Waals surface area contributed by atoms with E-state index in [-0.39, 0.29) is 6.04 Å². The second kappa shape index (κ2) is 5.22. The molecular weight excluding hydrogens is 236 g/mol. The maximum Gasteiger partial charge on any atom is 0.124 e. The number of para-hydroxylation sites is 1. The maximum atomic E-state index is 5.63. The fraction of sp³-hybridized carbons (Fsp3) is 0.273. The van der Waals surface area contributed by atoms with Crippen molar-refractivity contribution >= 4 is 11.5 Å². The van der Waals surface area contributed by atoms with Gasteiger partial charge in [0.2, 0.25) is 0 Å². The van der Waals surface area contributed by atoms with Crippen LogP contribution in [-0.4, -0.2) is 16.7 Å². The van der Waals surface area contributed by atoms with Gasteiger partial charge in [-0.2, -0.15) is 0 Å². The lowest BCUT2D eigenvalue weighted by Crippen LogP contribution is -2.29. The topological polar surface area (TPSA) is 73.1 Å². The Morgan fingerprint density at radius 2 is 2.18 bits per heavy atom. The van der Waals surface area contributed by atoms with Gasteiger partial charge >= 0.3 is 0 Å². The summed E-state index contributed by atoms with van der Waals surface area (Å²) in [6.45, 7) is 1.92. The first kappa shape index (κ1) is 12.0. The minimum atomic E-state index is -0.147. The molecule has 1 unspecified atom stereocenters. The fourth-order valence-electron chi connectivity index (χ4n) is 1.71. The summed E-state index contributed by atoms with van der Waals surface area (Å²) in [6.07, 6.45) is 0. The molecule has 0 bridgehead atoms. The van der Waals surface area contributed by atoms with Crippen LogP contribution in [0.25, 0.3) is 0 Å². The van der Waals surface area contributed by atoms with Gasteiger partial charge in [-0.05, 0) is 24.5 Å². The van der Waals surface area contributed by atoms with Crippen LogP contribution in [0.4, 0.5) is 0 Å². The first-order valence-corrected chi connectivity index (χ1v) is 5.93. The van der Waals surface area contributed by atoms with Crippen molar-refractivity contribution in [3.05, 3.63) is 40.4 Å². The van der Waals surface area contributed by atoms with E-state index in [9.17, 15) is 0 Å². The molecule has 0 fully saturated rings. The Morgan fingerprint density at radius 3 is 2.76 bits per heavy atom. The molecule has 1 atom stereocenters. The third-order valence-corrected chi connectivity index (χ3v) is 3.46. The molecule has 1 aromatic heterocycles. The van der Waals surface area contributed by atoms with Crippen LogP contribution in [0.3, 0.4) is 0 Å². The summed E-state index contributed by atoms with van der Waals surface area (Å²) in [5.74, 6) is 6.43. The summed E-state index contributed by atoms with van der Waals surface area (Å²) in [6, 6.07) is 7.61. The number of rotatable bonds is 4. The SMILES string of the molecule is COc1ccccc1C(NN)c1snnc1C. The lowest BCUT2D eigenvalue weighted by Gasteiger charge is -2.17. The minimum Gasteiger partial charge on any atom is -0.496 e. The van der Waals surface area contributed by atoms with Crippen molar-refractivity contribution in [3.63, 3.8) is 0 Å². The highest BCUT2D eigenvalue weighted by molar-refractivity contribution is 7.05. The van der Waals surface area contributed by atoms with E-state index < -0.39 is 0 Å². The molecule has 1 aromatic carbocycles. The normalized spacial score (nSPS) is 12.4. The monoisotopic (exact) mass is 250 g/mol. The molecule has 90 valence electrons. The van der Waals surface area contributed by atoms with E-state index in [1.54, 1.807) is 7.11 Å². The molecule has 2 aromatic rings. The predicted octanol–water partition coefficient (Wildman–Crippen LogP) is 1.41. The Hall–Kier alpha value is -1.50. The number of ether oxygens (including phenoxy) is 1. The Kier molecular flexibility index (Phi) is 3.68.